The molecule has 0 bridgehead atoms. The fraction of sp³-hybridized carbons (Fsp3) is 0.486. The van der Waals surface area contributed by atoms with Crippen molar-refractivity contribution in [3.05, 3.63) is 66.1 Å². The van der Waals surface area contributed by atoms with E-state index in [0.717, 1.165) is 36.9 Å². The number of pyridine rings is 1. The van der Waals surface area contributed by atoms with Crippen LogP contribution in [-0.4, -0.2) is 32.0 Å². The molecule has 0 spiro atoms. The number of fused-ring (bicyclic) bond motifs is 1. The molecule has 0 aliphatic rings. The molecule has 6 heteroatoms. The van der Waals surface area contributed by atoms with E-state index in [1.54, 1.807) is 0 Å². The minimum Gasteiger partial charge on any atom is -0.512 e. The Kier molecular flexibility index (Phi) is 14.6. The van der Waals surface area contributed by atoms with E-state index >= 15 is 0 Å². The molecule has 1 radical (unpaired) electrons. The summed E-state index contributed by atoms with van der Waals surface area (Å²) in [5.41, 5.74) is 3.48. The fourth-order valence-corrected chi connectivity index (χ4v) is 7.73. The quantitative estimate of drug-likeness (QED) is 0.0971. The van der Waals surface area contributed by atoms with Crippen molar-refractivity contribution in [3.8, 4) is 11.3 Å². The molecule has 0 atom stereocenters. The van der Waals surface area contributed by atoms with Gasteiger partial charge in [-0.2, -0.15) is 0 Å². The van der Waals surface area contributed by atoms with Gasteiger partial charge in [0.05, 0.1) is 21.9 Å². The Morgan fingerprint density at radius 1 is 0.878 bits per heavy atom. The molecule has 41 heavy (non-hydrogen) atoms. The number of ketones is 1. The average molecular weight is 767 g/mol. The van der Waals surface area contributed by atoms with Crippen LogP contribution in [-0.2, 0) is 24.9 Å². The summed E-state index contributed by atoms with van der Waals surface area (Å²) in [4.78, 5) is 16.4. The first-order valence-corrected chi connectivity index (χ1v) is 22.0. The second-order valence-corrected chi connectivity index (χ2v) is 23.2. The predicted molar refractivity (Wildman–Crippen MR) is 181 cm³/mol. The molecule has 3 nitrogen and oxygen atoms in total. The third-order valence-corrected chi connectivity index (χ3v) is 11.9. The van der Waals surface area contributed by atoms with Gasteiger partial charge in [0.25, 0.3) is 0 Å². The maximum absolute atomic E-state index is 11.7. The van der Waals surface area contributed by atoms with Gasteiger partial charge in [0.1, 0.15) is 0 Å². The first-order valence-electron chi connectivity index (χ1n) is 15.0. The van der Waals surface area contributed by atoms with Gasteiger partial charge in [-0.15, -0.1) is 28.8 Å². The number of benzene rings is 2. The van der Waals surface area contributed by atoms with E-state index in [1.807, 2.05) is 33.9 Å². The topological polar surface area (TPSA) is 50.2 Å². The van der Waals surface area contributed by atoms with Gasteiger partial charge in [0.15, 0.2) is 5.78 Å². The van der Waals surface area contributed by atoms with Gasteiger partial charge in [0, 0.05) is 49.9 Å². The van der Waals surface area contributed by atoms with E-state index in [0.29, 0.717) is 0 Å². The standard InChI is InChI=1S/C22H28NSi2.C13H24O2.Ir/c1-16-8-9-20-17(12-16)13-18(14-22(20)25(5,6)7)21-15-19(10-11-23-21)24(2,3)4;1-5-10(6-2)12(14)9-13(15)11(7-3)8-4;/h8-12,14-15H,1-7H3;9-11,14H,5-8H2,1-4H3;/q-1;;/b;12-9-;. The van der Waals surface area contributed by atoms with Crippen LogP contribution in [0.4, 0.5) is 0 Å². The van der Waals surface area contributed by atoms with Gasteiger partial charge in [-0.1, -0.05) is 107 Å². The molecule has 1 heterocycles. The van der Waals surface area contributed by atoms with Gasteiger partial charge < -0.3 is 5.11 Å². The van der Waals surface area contributed by atoms with Gasteiger partial charge in [-0.25, -0.2) is 0 Å². The number of allylic oxidation sites excluding steroid dienone is 2. The second-order valence-electron chi connectivity index (χ2n) is 13.1. The summed E-state index contributed by atoms with van der Waals surface area (Å²) in [6, 6.07) is 17.2. The van der Waals surface area contributed by atoms with Crippen LogP contribution in [0.2, 0.25) is 39.3 Å². The average Bonchev–Trinajstić information content (AvgIpc) is 2.88. The molecule has 227 valence electrons. The second kappa shape index (κ2) is 16.1. The maximum atomic E-state index is 11.7. The summed E-state index contributed by atoms with van der Waals surface area (Å²) in [6.45, 7) is 24.6. The molecule has 0 saturated carbocycles. The Morgan fingerprint density at radius 2 is 1.46 bits per heavy atom. The molecule has 0 saturated heterocycles. The Hall–Kier alpha value is -1.86. The van der Waals surface area contributed by atoms with Crippen LogP contribution in [0.15, 0.2) is 54.4 Å². The van der Waals surface area contributed by atoms with E-state index in [4.69, 9.17) is 0 Å². The van der Waals surface area contributed by atoms with Crippen LogP contribution in [0.25, 0.3) is 22.0 Å². The van der Waals surface area contributed by atoms with Gasteiger partial charge >= 0.3 is 0 Å². The van der Waals surface area contributed by atoms with Gasteiger partial charge in [0.2, 0.25) is 0 Å². The Bertz CT molecular complexity index is 1310. The normalized spacial score (nSPS) is 12.3. The van der Waals surface area contributed by atoms with Crippen LogP contribution in [0.1, 0.15) is 58.9 Å². The molecule has 0 unspecified atom stereocenters. The third kappa shape index (κ3) is 10.4. The predicted octanol–water partition coefficient (Wildman–Crippen LogP) is 8.97. The minimum atomic E-state index is -1.47. The number of carbonyl (C=O) groups is 1. The summed E-state index contributed by atoms with van der Waals surface area (Å²) >= 11 is 0. The van der Waals surface area contributed by atoms with Crippen molar-refractivity contribution < 1.29 is 30.0 Å². The molecule has 3 rings (SSSR count). The smallest absolute Gasteiger partial charge is 0.162 e. The Morgan fingerprint density at radius 3 is 1.98 bits per heavy atom. The van der Waals surface area contributed by atoms with Crippen LogP contribution in [0.3, 0.4) is 0 Å². The van der Waals surface area contributed by atoms with E-state index < -0.39 is 16.1 Å². The monoisotopic (exact) mass is 767 g/mol. The Balaban J connectivity index is 0.000000456. The molecule has 3 aromatic rings. The number of aryl methyl sites for hydroxylation is 1. The van der Waals surface area contributed by atoms with Crippen LogP contribution >= 0.6 is 0 Å². The number of hydrogen-bond acceptors (Lipinski definition) is 3. The molecule has 0 amide bonds. The molecule has 0 aliphatic heterocycles. The van der Waals surface area contributed by atoms with Crippen LogP contribution in [0, 0.1) is 24.8 Å². The number of rotatable bonds is 10. The SMILES string of the molecule is CCC(CC)C(=O)/C=C(\O)C(CC)CC.Cc1ccc2c([Si](C)(C)C)cc(-c3cc([Si](C)(C)C)ccn3)[c-]c2c1.[Ir]. The molecule has 0 fully saturated rings. The zero-order valence-electron chi connectivity index (χ0n) is 27.2. The number of aliphatic hydroxyl groups excluding tert-OH is 1. The fourth-order valence-electron chi connectivity index (χ4n) is 4.98. The van der Waals surface area contributed by atoms with Crippen molar-refractivity contribution in [1.82, 2.24) is 4.98 Å². The molecule has 1 N–H and O–H groups in total. The van der Waals surface area contributed by atoms with Crippen molar-refractivity contribution in [1.29, 1.82) is 0 Å². The summed E-state index contributed by atoms with van der Waals surface area (Å²) in [6.07, 6.45) is 6.87. The third-order valence-electron chi connectivity index (χ3n) is 7.82. The summed E-state index contributed by atoms with van der Waals surface area (Å²) in [5, 5.41) is 15.3. The van der Waals surface area contributed by atoms with Crippen molar-refractivity contribution >= 4 is 43.1 Å². The molecular formula is C35H52IrNO2Si2-. The number of carbonyl (C=O) groups excluding carboxylic acids is 1. The van der Waals surface area contributed by atoms with Crippen LogP contribution < -0.4 is 10.4 Å². The van der Waals surface area contributed by atoms with Gasteiger partial charge in [-0.3, -0.25) is 9.78 Å². The molecule has 1 aromatic heterocycles. The first kappa shape index (κ1) is 37.2. The van der Waals surface area contributed by atoms with Crippen molar-refractivity contribution in [2.45, 2.75) is 99.6 Å². The van der Waals surface area contributed by atoms with Crippen molar-refractivity contribution in [3.63, 3.8) is 0 Å². The zero-order valence-corrected chi connectivity index (χ0v) is 31.6. The number of hydrogen-bond donors (Lipinski definition) is 1. The molecule has 0 aliphatic carbocycles. The Labute approximate surface area is 265 Å². The number of aromatic nitrogens is 1. The van der Waals surface area contributed by atoms with E-state index in [2.05, 4.69) is 93.7 Å². The summed E-state index contributed by atoms with van der Waals surface area (Å²) < 4.78 is 0. The zero-order chi connectivity index (χ0) is 30.3. The van der Waals surface area contributed by atoms with Crippen molar-refractivity contribution in [2.75, 3.05) is 0 Å². The van der Waals surface area contributed by atoms with Gasteiger partial charge in [-0.05, 0) is 38.7 Å². The minimum absolute atomic E-state index is 0. The van der Waals surface area contributed by atoms with E-state index in [1.165, 1.54) is 32.8 Å². The van der Waals surface area contributed by atoms with E-state index in [-0.39, 0.29) is 43.5 Å². The summed E-state index contributed by atoms with van der Waals surface area (Å²) in [5.74, 6) is 0.547. The molecule has 2 aromatic carbocycles. The first-order chi connectivity index (χ1) is 18.7. The van der Waals surface area contributed by atoms with E-state index in [9.17, 15) is 9.90 Å². The van der Waals surface area contributed by atoms with Crippen LogP contribution in [0.5, 0.6) is 0 Å². The maximum Gasteiger partial charge on any atom is 0.162 e. The largest absolute Gasteiger partial charge is 0.512 e. The summed E-state index contributed by atoms with van der Waals surface area (Å²) in [7, 11) is -2.82. The number of aliphatic hydroxyl groups is 1. The number of nitrogens with zero attached hydrogens (tertiary/aromatic N) is 1. The van der Waals surface area contributed by atoms with Crippen molar-refractivity contribution in [2.24, 2.45) is 11.8 Å². The molecular weight excluding hydrogens is 715 g/mol.